The van der Waals surface area contributed by atoms with E-state index in [9.17, 15) is 4.79 Å². The first-order chi connectivity index (χ1) is 7.04. The van der Waals surface area contributed by atoms with Gasteiger partial charge in [-0.2, -0.15) is 0 Å². The molecule has 1 aromatic carbocycles. The van der Waals surface area contributed by atoms with Crippen molar-refractivity contribution in [2.45, 2.75) is 26.7 Å². The van der Waals surface area contributed by atoms with Crippen molar-refractivity contribution in [3.63, 3.8) is 0 Å². The van der Waals surface area contributed by atoms with Gasteiger partial charge in [-0.1, -0.05) is 37.0 Å². The van der Waals surface area contributed by atoms with Gasteiger partial charge in [-0.3, -0.25) is 4.79 Å². The van der Waals surface area contributed by atoms with Gasteiger partial charge in [0, 0.05) is 22.4 Å². The van der Waals surface area contributed by atoms with Gasteiger partial charge in [-0.15, -0.1) is 0 Å². The lowest BCUT2D eigenvalue weighted by Crippen LogP contribution is -2.12. The first kappa shape index (κ1) is 12.5. The Morgan fingerprint density at radius 2 is 2.07 bits per heavy atom. The van der Waals surface area contributed by atoms with E-state index >= 15 is 0 Å². The Hall–Kier alpha value is -0.530. The highest BCUT2D eigenvalue weighted by molar-refractivity contribution is 6.33. The maximum atomic E-state index is 11.4. The van der Waals surface area contributed by atoms with Crippen LogP contribution in [0.5, 0.6) is 0 Å². The Balaban J connectivity index is 2.80. The summed E-state index contributed by atoms with van der Waals surface area (Å²) in [4.78, 5) is 11.4. The van der Waals surface area contributed by atoms with Crippen LogP contribution in [0.4, 0.5) is 0 Å². The minimum absolute atomic E-state index is 0.00552. The van der Waals surface area contributed by atoms with E-state index in [4.69, 9.17) is 23.2 Å². The van der Waals surface area contributed by atoms with Crippen LogP contribution in [0, 0.1) is 5.92 Å². The Bertz CT molecular complexity index is 361. The number of hydrogen-bond acceptors (Lipinski definition) is 1. The number of rotatable bonds is 4. The van der Waals surface area contributed by atoms with Gasteiger partial charge in [-0.25, -0.2) is 0 Å². The van der Waals surface area contributed by atoms with Crippen molar-refractivity contribution in [1.82, 2.24) is 0 Å². The fourth-order valence-electron chi connectivity index (χ4n) is 1.49. The van der Waals surface area contributed by atoms with E-state index in [0.29, 0.717) is 22.9 Å². The van der Waals surface area contributed by atoms with Gasteiger partial charge >= 0.3 is 0 Å². The fourth-order valence-corrected chi connectivity index (χ4v) is 1.88. The quantitative estimate of drug-likeness (QED) is 0.778. The Kier molecular flexibility index (Phi) is 4.62. The van der Waals surface area contributed by atoms with E-state index in [2.05, 4.69) is 0 Å². The van der Waals surface area contributed by atoms with Gasteiger partial charge in [0.15, 0.2) is 0 Å². The number of hydrogen-bond donors (Lipinski definition) is 0. The zero-order chi connectivity index (χ0) is 11.4. The minimum atomic E-state index is 0.00552. The van der Waals surface area contributed by atoms with Gasteiger partial charge in [0.25, 0.3) is 0 Å². The summed E-state index contributed by atoms with van der Waals surface area (Å²) in [5, 5.41) is 1.33. The molecule has 15 heavy (non-hydrogen) atoms. The summed E-state index contributed by atoms with van der Waals surface area (Å²) in [6.07, 6.45) is 1.23. The van der Waals surface area contributed by atoms with Gasteiger partial charge in [-0.05, 0) is 30.2 Å². The third kappa shape index (κ3) is 3.51. The molecule has 1 nitrogen and oxygen atoms in total. The summed E-state index contributed by atoms with van der Waals surface area (Å²) in [6, 6.07) is 5.34. The van der Waals surface area contributed by atoms with Crippen molar-refractivity contribution in [3.05, 3.63) is 33.8 Å². The molecule has 0 heterocycles. The second-order valence-electron chi connectivity index (χ2n) is 3.66. The van der Waals surface area contributed by atoms with E-state index in [1.54, 1.807) is 12.1 Å². The van der Waals surface area contributed by atoms with Gasteiger partial charge < -0.3 is 0 Å². The molecular formula is C12H14Cl2O. The SMILES string of the molecule is CCC(=O)C(C)Cc1cc(Cl)ccc1Cl. The number of carbonyl (C=O) groups is 1. The average Bonchev–Trinajstić information content (AvgIpc) is 2.22. The molecule has 1 rings (SSSR count). The summed E-state index contributed by atoms with van der Waals surface area (Å²) < 4.78 is 0. The molecule has 82 valence electrons. The number of halogens is 2. The second-order valence-corrected chi connectivity index (χ2v) is 4.50. The van der Waals surface area contributed by atoms with Gasteiger partial charge in [0.2, 0.25) is 0 Å². The molecule has 0 aliphatic heterocycles. The molecule has 0 N–H and O–H groups in total. The zero-order valence-electron chi connectivity index (χ0n) is 8.89. The Labute approximate surface area is 100 Å². The lowest BCUT2D eigenvalue weighted by atomic mass is 9.96. The van der Waals surface area contributed by atoms with Crippen LogP contribution in [-0.4, -0.2) is 5.78 Å². The molecule has 0 saturated heterocycles. The van der Waals surface area contributed by atoms with Crippen LogP contribution in [-0.2, 0) is 11.2 Å². The number of ketones is 1. The molecule has 0 aliphatic carbocycles. The molecule has 1 atom stereocenters. The monoisotopic (exact) mass is 244 g/mol. The smallest absolute Gasteiger partial charge is 0.135 e. The number of benzene rings is 1. The van der Waals surface area contributed by atoms with Crippen molar-refractivity contribution < 1.29 is 4.79 Å². The topological polar surface area (TPSA) is 17.1 Å². The molecule has 0 aromatic heterocycles. The summed E-state index contributed by atoms with van der Waals surface area (Å²) in [5.41, 5.74) is 0.943. The summed E-state index contributed by atoms with van der Waals surface area (Å²) in [6.45, 7) is 3.79. The van der Waals surface area contributed by atoms with Crippen molar-refractivity contribution in [2.24, 2.45) is 5.92 Å². The highest BCUT2D eigenvalue weighted by atomic mass is 35.5. The molecule has 0 amide bonds. The molecule has 0 radical (unpaired) electrons. The highest BCUT2D eigenvalue weighted by Crippen LogP contribution is 2.23. The van der Waals surface area contributed by atoms with Gasteiger partial charge in [0.1, 0.15) is 5.78 Å². The number of carbonyl (C=O) groups excluding carboxylic acids is 1. The fraction of sp³-hybridized carbons (Fsp3) is 0.417. The predicted molar refractivity (Wildman–Crippen MR) is 64.6 cm³/mol. The van der Waals surface area contributed by atoms with Crippen LogP contribution in [0.3, 0.4) is 0 Å². The molecule has 0 spiro atoms. The maximum absolute atomic E-state index is 11.4. The first-order valence-corrected chi connectivity index (χ1v) is 5.76. The maximum Gasteiger partial charge on any atom is 0.135 e. The lowest BCUT2D eigenvalue weighted by molar-refractivity contribution is -0.122. The normalized spacial score (nSPS) is 12.5. The summed E-state index contributed by atoms with van der Waals surface area (Å²) >= 11 is 11.9. The highest BCUT2D eigenvalue weighted by Gasteiger charge is 2.13. The number of Topliss-reactive ketones (excluding diaryl/α,β-unsaturated/α-hetero) is 1. The summed E-state index contributed by atoms with van der Waals surface area (Å²) in [7, 11) is 0. The van der Waals surface area contributed by atoms with Crippen LogP contribution in [0.2, 0.25) is 10.0 Å². The standard InChI is InChI=1S/C12H14Cl2O/c1-3-12(15)8(2)6-9-7-10(13)4-5-11(9)14/h4-5,7-8H,3,6H2,1-2H3. The third-order valence-corrected chi connectivity index (χ3v) is 3.04. The first-order valence-electron chi connectivity index (χ1n) is 5.01. The van der Waals surface area contributed by atoms with E-state index in [1.165, 1.54) is 0 Å². The van der Waals surface area contributed by atoms with Gasteiger partial charge in [0.05, 0.1) is 0 Å². The van der Waals surface area contributed by atoms with Crippen LogP contribution in [0.25, 0.3) is 0 Å². The molecule has 0 fully saturated rings. The van der Waals surface area contributed by atoms with E-state index in [-0.39, 0.29) is 11.7 Å². The minimum Gasteiger partial charge on any atom is -0.299 e. The molecule has 3 heteroatoms. The van der Waals surface area contributed by atoms with Crippen LogP contribution < -0.4 is 0 Å². The van der Waals surface area contributed by atoms with Crippen LogP contribution >= 0.6 is 23.2 Å². The zero-order valence-corrected chi connectivity index (χ0v) is 10.4. The largest absolute Gasteiger partial charge is 0.299 e. The van der Waals surface area contributed by atoms with Crippen molar-refractivity contribution >= 4 is 29.0 Å². The Morgan fingerprint density at radius 1 is 1.40 bits per heavy atom. The molecule has 0 bridgehead atoms. The van der Waals surface area contributed by atoms with E-state index in [1.807, 2.05) is 19.9 Å². The Morgan fingerprint density at radius 3 is 2.67 bits per heavy atom. The molecular weight excluding hydrogens is 231 g/mol. The molecule has 0 aliphatic rings. The van der Waals surface area contributed by atoms with Crippen LogP contribution in [0.15, 0.2) is 18.2 Å². The lowest BCUT2D eigenvalue weighted by Gasteiger charge is -2.10. The van der Waals surface area contributed by atoms with Crippen molar-refractivity contribution in [2.75, 3.05) is 0 Å². The average molecular weight is 245 g/mol. The van der Waals surface area contributed by atoms with E-state index in [0.717, 1.165) is 5.56 Å². The summed E-state index contributed by atoms with van der Waals surface area (Å²) in [5.74, 6) is 0.261. The second kappa shape index (κ2) is 5.53. The predicted octanol–water partition coefficient (Wildman–Crippen LogP) is 4.15. The molecule has 1 aromatic rings. The molecule has 1 unspecified atom stereocenters. The molecule has 0 saturated carbocycles. The third-order valence-electron chi connectivity index (χ3n) is 2.43. The van der Waals surface area contributed by atoms with Crippen molar-refractivity contribution in [1.29, 1.82) is 0 Å². The van der Waals surface area contributed by atoms with Crippen molar-refractivity contribution in [3.8, 4) is 0 Å². The van der Waals surface area contributed by atoms with Crippen LogP contribution in [0.1, 0.15) is 25.8 Å². The van der Waals surface area contributed by atoms with E-state index < -0.39 is 0 Å².